The summed E-state index contributed by atoms with van der Waals surface area (Å²) in [4.78, 5) is 25.4. The molecular formula is C15H22IN3O9. The van der Waals surface area contributed by atoms with Gasteiger partial charge in [-0.15, -0.1) is 0 Å². The SMILES string of the molecule is CCC(CI)(CO[C@@H]1O[C@H](C(=O)O)[C@@H](O)[C@H](O)[C@H]1O)Cn1ccnc1[N+](=O)[O-]. The smallest absolute Gasteiger partial charge is 0.434 e. The van der Waals surface area contributed by atoms with E-state index in [4.69, 9.17) is 14.6 Å². The van der Waals surface area contributed by atoms with Crippen molar-refractivity contribution in [1.82, 2.24) is 9.55 Å². The number of carboxylic acid groups (broad SMARTS) is 1. The lowest BCUT2D eigenvalue weighted by Crippen LogP contribution is -2.60. The van der Waals surface area contributed by atoms with E-state index in [9.17, 15) is 30.2 Å². The van der Waals surface area contributed by atoms with Gasteiger partial charge in [0.2, 0.25) is 0 Å². The first kappa shape index (κ1) is 22.9. The van der Waals surface area contributed by atoms with Gasteiger partial charge in [-0.2, -0.15) is 0 Å². The van der Waals surface area contributed by atoms with Crippen LogP contribution in [0.2, 0.25) is 0 Å². The minimum absolute atomic E-state index is 0.0430. The van der Waals surface area contributed by atoms with Crippen molar-refractivity contribution in [2.24, 2.45) is 5.41 Å². The van der Waals surface area contributed by atoms with Crippen LogP contribution in [-0.2, 0) is 20.8 Å². The van der Waals surface area contributed by atoms with E-state index >= 15 is 0 Å². The highest BCUT2D eigenvalue weighted by atomic mass is 127. The summed E-state index contributed by atoms with van der Waals surface area (Å²) in [5.74, 6) is -1.82. The van der Waals surface area contributed by atoms with E-state index in [0.717, 1.165) is 0 Å². The number of ether oxygens (including phenoxy) is 2. The zero-order valence-electron chi connectivity index (χ0n) is 14.9. The molecule has 1 aromatic heterocycles. The molecule has 1 fully saturated rings. The van der Waals surface area contributed by atoms with Crippen LogP contribution in [-0.4, -0.2) is 82.6 Å². The highest BCUT2D eigenvalue weighted by Crippen LogP contribution is 2.31. The van der Waals surface area contributed by atoms with Gasteiger partial charge in [0.1, 0.15) is 30.7 Å². The van der Waals surface area contributed by atoms with E-state index in [0.29, 0.717) is 10.8 Å². The fourth-order valence-electron chi connectivity index (χ4n) is 2.84. The van der Waals surface area contributed by atoms with Gasteiger partial charge in [0.05, 0.1) is 13.2 Å². The Hall–Kier alpha value is -1.39. The zero-order chi connectivity index (χ0) is 21.1. The van der Waals surface area contributed by atoms with Gasteiger partial charge < -0.3 is 40.0 Å². The summed E-state index contributed by atoms with van der Waals surface area (Å²) in [6.07, 6.45) is -5.12. The number of carboxylic acids is 1. The van der Waals surface area contributed by atoms with Gasteiger partial charge in [0, 0.05) is 9.84 Å². The van der Waals surface area contributed by atoms with Crippen LogP contribution in [0.4, 0.5) is 5.95 Å². The first-order valence-electron chi connectivity index (χ1n) is 8.41. The largest absolute Gasteiger partial charge is 0.479 e. The van der Waals surface area contributed by atoms with E-state index < -0.39 is 47.0 Å². The number of nitro groups is 1. The van der Waals surface area contributed by atoms with Crippen LogP contribution in [0.3, 0.4) is 0 Å². The van der Waals surface area contributed by atoms with Crippen molar-refractivity contribution >= 4 is 34.5 Å². The monoisotopic (exact) mass is 515 g/mol. The van der Waals surface area contributed by atoms with Gasteiger partial charge in [-0.25, -0.2) is 9.36 Å². The Balaban J connectivity index is 2.14. The lowest BCUT2D eigenvalue weighted by Gasteiger charge is -2.40. The van der Waals surface area contributed by atoms with Crippen molar-refractivity contribution in [3.8, 4) is 0 Å². The van der Waals surface area contributed by atoms with Crippen molar-refractivity contribution in [3.05, 3.63) is 22.5 Å². The van der Waals surface area contributed by atoms with Gasteiger partial charge in [-0.05, 0) is 11.3 Å². The van der Waals surface area contributed by atoms with Gasteiger partial charge in [0.25, 0.3) is 0 Å². The summed E-state index contributed by atoms with van der Waals surface area (Å²) in [6, 6.07) is 0. The third-order valence-corrected chi connectivity index (χ3v) is 6.38. The quantitative estimate of drug-likeness (QED) is 0.146. The van der Waals surface area contributed by atoms with E-state index in [2.05, 4.69) is 27.6 Å². The summed E-state index contributed by atoms with van der Waals surface area (Å²) in [6.45, 7) is 2.01. The number of alkyl halides is 1. The summed E-state index contributed by atoms with van der Waals surface area (Å²) in [5.41, 5.74) is -0.616. The van der Waals surface area contributed by atoms with Crippen LogP contribution in [0.5, 0.6) is 0 Å². The molecule has 1 aromatic rings. The fraction of sp³-hybridized carbons (Fsp3) is 0.733. The Morgan fingerprint density at radius 1 is 1.43 bits per heavy atom. The molecule has 0 amide bonds. The molecule has 28 heavy (non-hydrogen) atoms. The lowest BCUT2D eigenvalue weighted by molar-refractivity contribution is -0.397. The standard InChI is InChI=1S/C15H22IN3O9/c1-2-15(5-16,6-18-4-3-17-14(18)19(25)26)7-27-13-10(22)8(20)9(21)11(28-13)12(23)24/h3-4,8-11,13,20-22H,2,5-7H2,1H3,(H,23,24)/t8-,9-,10+,11-,13+,15?/m0/s1. The number of aliphatic carboxylic acids is 1. The van der Waals surface area contributed by atoms with Crippen LogP contribution >= 0.6 is 22.6 Å². The number of imidazole rings is 1. The van der Waals surface area contributed by atoms with Crippen LogP contribution in [0.25, 0.3) is 0 Å². The van der Waals surface area contributed by atoms with E-state index in [1.165, 1.54) is 17.0 Å². The number of aromatic nitrogens is 2. The third-order valence-electron chi connectivity index (χ3n) is 4.76. The normalized spacial score (nSPS) is 30.0. The number of hydrogen-bond acceptors (Lipinski definition) is 9. The maximum atomic E-state index is 11.2. The van der Waals surface area contributed by atoms with Crippen LogP contribution in [0, 0.1) is 15.5 Å². The molecule has 1 unspecified atom stereocenters. The van der Waals surface area contributed by atoms with E-state index in [1.54, 1.807) is 0 Å². The van der Waals surface area contributed by atoms with E-state index in [-0.39, 0.29) is 19.1 Å². The number of carbonyl (C=O) groups is 1. The molecule has 13 heteroatoms. The molecule has 0 radical (unpaired) electrons. The van der Waals surface area contributed by atoms with E-state index in [1.807, 2.05) is 6.92 Å². The molecule has 12 nitrogen and oxygen atoms in total. The molecule has 0 aromatic carbocycles. The number of halogens is 1. The number of aliphatic hydroxyl groups is 3. The first-order chi connectivity index (χ1) is 13.2. The molecule has 2 heterocycles. The molecule has 0 saturated carbocycles. The second kappa shape index (κ2) is 9.41. The van der Waals surface area contributed by atoms with Gasteiger partial charge in [0.15, 0.2) is 12.4 Å². The van der Waals surface area contributed by atoms with Crippen LogP contribution in [0.1, 0.15) is 13.3 Å². The Bertz CT molecular complexity index is 696. The zero-order valence-corrected chi connectivity index (χ0v) is 17.1. The molecule has 1 aliphatic heterocycles. The van der Waals surface area contributed by atoms with Gasteiger partial charge >= 0.3 is 11.9 Å². The highest BCUT2D eigenvalue weighted by Gasteiger charge is 2.48. The lowest BCUT2D eigenvalue weighted by atomic mass is 9.88. The average Bonchev–Trinajstić information content (AvgIpc) is 3.12. The maximum Gasteiger partial charge on any atom is 0.434 e. The summed E-state index contributed by atoms with van der Waals surface area (Å²) in [7, 11) is 0. The van der Waals surface area contributed by atoms with Crippen molar-refractivity contribution in [2.45, 2.75) is 50.6 Å². The Kier molecular flexibility index (Phi) is 7.69. The average molecular weight is 515 g/mol. The fourth-order valence-corrected chi connectivity index (χ4v) is 3.84. The summed E-state index contributed by atoms with van der Waals surface area (Å²) >= 11 is 2.11. The molecule has 4 N–H and O–H groups in total. The summed E-state index contributed by atoms with van der Waals surface area (Å²) in [5, 5.41) is 49.8. The van der Waals surface area contributed by atoms with Crippen molar-refractivity contribution in [2.75, 3.05) is 11.0 Å². The third kappa shape index (κ3) is 4.77. The minimum atomic E-state index is -1.80. The van der Waals surface area contributed by atoms with Gasteiger partial charge in [-0.1, -0.05) is 34.5 Å². The number of hydrogen-bond donors (Lipinski definition) is 4. The van der Waals surface area contributed by atoms with Crippen molar-refractivity contribution in [1.29, 1.82) is 0 Å². The number of rotatable bonds is 9. The summed E-state index contributed by atoms with van der Waals surface area (Å²) < 4.78 is 12.6. The molecule has 0 bridgehead atoms. The number of aliphatic hydroxyl groups excluding tert-OH is 3. The predicted octanol–water partition coefficient (Wildman–Crippen LogP) is -0.469. The molecule has 158 valence electrons. The Morgan fingerprint density at radius 3 is 2.64 bits per heavy atom. The molecule has 6 atom stereocenters. The topological polar surface area (TPSA) is 177 Å². The molecule has 0 spiro atoms. The maximum absolute atomic E-state index is 11.2. The highest BCUT2D eigenvalue weighted by molar-refractivity contribution is 14.1. The Labute approximate surface area is 173 Å². The van der Waals surface area contributed by atoms with Crippen LogP contribution in [0.15, 0.2) is 12.4 Å². The molecule has 1 aliphatic rings. The second-order valence-corrected chi connectivity index (χ2v) is 7.41. The second-order valence-electron chi connectivity index (χ2n) is 6.65. The van der Waals surface area contributed by atoms with Crippen molar-refractivity contribution in [3.63, 3.8) is 0 Å². The number of nitrogens with zero attached hydrogens (tertiary/aromatic N) is 3. The Morgan fingerprint density at radius 2 is 2.11 bits per heavy atom. The molecule has 0 aliphatic carbocycles. The molecular weight excluding hydrogens is 493 g/mol. The predicted molar refractivity (Wildman–Crippen MR) is 101 cm³/mol. The van der Waals surface area contributed by atoms with Gasteiger partial charge in [-0.3, -0.25) is 0 Å². The van der Waals surface area contributed by atoms with Crippen LogP contribution < -0.4 is 0 Å². The van der Waals surface area contributed by atoms with Crippen molar-refractivity contribution < 1.29 is 39.6 Å². The molecule has 2 rings (SSSR count). The first-order valence-corrected chi connectivity index (χ1v) is 9.94. The molecule has 1 saturated heterocycles. The minimum Gasteiger partial charge on any atom is -0.479 e.